The largest absolute Gasteiger partial charge is 0.335 e. The van der Waals surface area contributed by atoms with E-state index in [1.54, 1.807) is 18.6 Å². The van der Waals surface area contributed by atoms with Crippen molar-refractivity contribution in [1.29, 1.82) is 0 Å². The van der Waals surface area contributed by atoms with Crippen molar-refractivity contribution >= 4 is 23.0 Å². The molecule has 1 amide bonds. The lowest BCUT2D eigenvalue weighted by Crippen LogP contribution is -2.45. The van der Waals surface area contributed by atoms with E-state index < -0.39 is 0 Å². The summed E-state index contributed by atoms with van der Waals surface area (Å²) in [7, 11) is 0. The number of benzene rings is 1. The highest BCUT2D eigenvalue weighted by molar-refractivity contribution is 7.13. The number of Topliss-reactive ketones (excluding diaryl/α,β-unsaturated/α-hetero) is 1. The van der Waals surface area contributed by atoms with Crippen molar-refractivity contribution in [2.24, 2.45) is 0 Å². The highest BCUT2D eigenvalue weighted by Crippen LogP contribution is 2.34. The summed E-state index contributed by atoms with van der Waals surface area (Å²) < 4.78 is 0. The number of nitrogens with zero attached hydrogens (tertiary/aromatic N) is 5. The molecule has 0 saturated carbocycles. The number of likely N-dealkylation sites (tertiary alicyclic amines) is 1. The average molecular weight is 395 g/mol. The second kappa shape index (κ2) is 7.63. The van der Waals surface area contributed by atoms with Crippen LogP contribution < -0.4 is 0 Å². The van der Waals surface area contributed by atoms with E-state index in [1.807, 2.05) is 29.2 Å². The van der Waals surface area contributed by atoms with Crippen LogP contribution in [0.25, 0.3) is 5.69 Å². The lowest BCUT2D eigenvalue weighted by atomic mass is 9.92. The predicted molar refractivity (Wildman–Crippen MR) is 106 cm³/mol. The zero-order valence-corrected chi connectivity index (χ0v) is 16.6. The van der Waals surface area contributed by atoms with Crippen LogP contribution in [0.1, 0.15) is 57.6 Å². The van der Waals surface area contributed by atoms with Crippen molar-refractivity contribution in [3.63, 3.8) is 0 Å². The van der Waals surface area contributed by atoms with Crippen LogP contribution in [0, 0.1) is 0 Å². The third-order valence-electron chi connectivity index (χ3n) is 5.14. The smallest absolute Gasteiger partial charge is 0.256 e. The van der Waals surface area contributed by atoms with Gasteiger partial charge in [0.25, 0.3) is 5.91 Å². The number of ketones is 1. The van der Waals surface area contributed by atoms with Crippen molar-refractivity contribution < 1.29 is 9.59 Å². The van der Waals surface area contributed by atoms with Crippen molar-refractivity contribution in [3.8, 4) is 5.69 Å². The Morgan fingerprint density at radius 2 is 1.89 bits per heavy atom. The molecule has 0 radical (unpaired) electrons. The number of piperidine rings is 1. The van der Waals surface area contributed by atoms with Gasteiger partial charge in [-0.15, -0.1) is 11.3 Å². The molecule has 1 aromatic carbocycles. The number of hydrogen-bond acceptors (Lipinski definition) is 6. The molecule has 1 aliphatic heterocycles. The van der Waals surface area contributed by atoms with Crippen LogP contribution in [0.3, 0.4) is 0 Å². The molecular weight excluding hydrogens is 374 g/mol. The van der Waals surface area contributed by atoms with Crippen LogP contribution in [-0.4, -0.2) is 49.2 Å². The minimum Gasteiger partial charge on any atom is -0.335 e. The Labute approximate surface area is 167 Å². The summed E-state index contributed by atoms with van der Waals surface area (Å²) in [6.45, 7) is 4.22. The number of para-hydroxylation sites is 1. The molecule has 0 bridgehead atoms. The van der Waals surface area contributed by atoms with Gasteiger partial charge in [0.05, 0.1) is 23.6 Å². The van der Waals surface area contributed by atoms with Crippen molar-refractivity contribution in [3.05, 3.63) is 58.3 Å². The van der Waals surface area contributed by atoms with E-state index in [1.165, 1.54) is 23.1 Å². The summed E-state index contributed by atoms with van der Waals surface area (Å²) in [5, 5.41) is 8.87. The molecule has 0 N–H and O–H groups in total. The molecule has 0 unspecified atom stereocenters. The van der Waals surface area contributed by atoms with Gasteiger partial charge in [-0.3, -0.25) is 9.59 Å². The summed E-state index contributed by atoms with van der Waals surface area (Å²) in [5.41, 5.74) is 1.25. The molecule has 8 heteroatoms. The zero-order valence-electron chi connectivity index (χ0n) is 15.8. The molecular formula is C20H21N5O2S. The average Bonchev–Trinajstić information content (AvgIpc) is 3.40. The number of carbonyl (C=O) groups excluding carboxylic acids is 2. The SMILES string of the molecule is CC(=O)c1ncc([C@@H]2CC[C@@H](C)N(C(=O)c3ccccc3-n3nccn3)C2)s1. The fourth-order valence-electron chi connectivity index (χ4n) is 3.58. The van der Waals surface area contributed by atoms with Crippen LogP contribution in [0.2, 0.25) is 0 Å². The number of thiazole rings is 1. The Balaban J connectivity index is 1.61. The fourth-order valence-corrected chi connectivity index (χ4v) is 4.52. The second-order valence-electron chi connectivity index (χ2n) is 7.04. The fraction of sp³-hybridized carbons (Fsp3) is 0.350. The van der Waals surface area contributed by atoms with Gasteiger partial charge in [-0.05, 0) is 31.9 Å². The summed E-state index contributed by atoms with van der Waals surface area (Å²) in [6, 6.07) is 7.54. The third-order valence-corrected chi connectivity index (χ3v) is 6.40. The molecule has 0 spiro atoms. The first kappa shape index (κ1) is 18.5. The number of rotatable bonds is 4. The van der Waals surface area contributed by atoms with E-state index in [0.29, 0.717) is 22.8 Å². The van der Waals surface area contributed by atoms with Gasteiger partial charge >= 0.3 is 0 Å². The lowest BCUT2D eigenvalue weighted by molar-refractivity contribution is 0.0611. The van der Waals surface area contributed by atoms with E-state index in [0.717, 1.165) is 17.7 Å². The molecule has 3 heterocycles. The Morgan fingerprint density at radius 3 is 2.61 bits per heavy atom. The first-order valence-electron chi connectivity index (χ1n) is 9.28. The highest BCUT2D eigenvalue weighted by atomic mass is 32.1. The first-order chi connectivity index (χ1) is 13.5. The van der Waals surface area contributed by atoms with Gasteiger partial charge in [-0.25, -0.2) is 4.98 Å². The highest BCUT2D eigenvalue weighted by Gasteiger charge is 2.32. The summed E-state index contributed by atoms with van der Waals surface area (Å²) in [4.78, 5) is 33.7. The maximum absolute atomic E-state index is 13.4. The minimum absolute atomic E-state index is 0.0194. The maximum atomic E-state index is 13.4. The second-order valence-corrected chi connectivity index (χ2v) is 8.10. The van der Waals surface area contributed by atoms with Crippen LogP contribution in [0.15, 0.2) is 42.9 Å². The Bertz CT molecular complexity index is 998. The number of hydrogen-bond donors (Lipinski definition) is 0. The van der Waals surface area contributed by atoms with E-state index in [9.17, 15) is 9.59 Å². The first-order valence-corrected chi connectivity index (χ1v) is 10.1. The lowest BCUT2D eigenvalue weighted by Gasteiger charge is -2.38. The van der Waals surface area contributed by atoms with Gasteiger partial charge in [0.1, 0.15) is 0 Å². The van der Waals surface area contributed by atoms with Gasteiger partial charge in [0, 0.05) is 36.5 Å². The zero-order chi connectivity index (χ0) is 19.7. The van der Waals surface area contributed by atoms with E-state index in [4.69, 9.17) is 0 Å². The summed E-state index contributed by atoms with van der Waals surface area (Å²) in [5.74, 6) is 0.149. The minimum atomic E-state index is -0.0265. The molecule has 1 saturated heterocycles. The standard InChI is InChI=1S/C20H21N5O2S/c1-13-7-8-15(18-11-21-19(28-18)14(2)26)12-24(13)20(27)16-5-3-4-6-17(16)25-22-9-10-23-25/h3-6,9-11,13,15H,7-8,12H2,1-2H3/t13-,15-/m1/s1. The van der Waals surface area contributed by atoms with Crippen molar-refractivity contribution in [2.75, 3.05) is 6.54 Å². The quantitative estimate of drug-likeness (QED) is 0.633. The molecule has 1 aliphatic rings. The van der Waals surface area contributed by atoms with Crippen molar-refractivity contribution in [1.82, 2.24) is 24.9 Å². The Kier molecular flexibility index (Phi) is 5.04. The summed E-state index contributed by atoms with van der Waals surface area (Å²) >= 11 is 1.44. The Hall–Kier alpha value is -2.87. The van der Waals surface area contributed by atoms with Gasteiger partial charge < -0.3 is 4.90 Å². The number of carbonyl (C=O) groups is 2. The molecule has 2 aromatic heterocycles. The van der Waals surface area contributed by atoms with E-state index in [-0.39, 0.29) is 23.7 Å². The van der Waals surface area contributed by atoms with Gasteiger partial charge in [-0.1, -0.05) is 12.1 Å². The molecule has 28 heavy (non-hydrogen) atoms. The molecule has 1 fully saturated rings. The maximum Gasteiger partial charge on any atom is 0.256 e. The molecule has 4 rings (SSSR count). The molecule has 0 aliphatic carbocycles. The van der Waals surface area contributed by atoms with E-state index in [2.05, 4.69) is 22.1 Å². The van der Waals surface area contributed by atoms with Crippen LogP contribution in [0.4, 0.5) is 0 Å². The van der Waals surface area contributed by atoms with Gasteiger partial charge in [0.15, 0.2) is 10.8 Å². The van der Waals surface area contributed by atoms with Gasteiger partial charge in [-0.2, -0.15) is 15.0 Å². The molecule has 3 aromatic rings. The molecule has 7 nitrogen and oxygen atoms in total. The number of amides is 1. The van der Waals surface area contributed by atoms with Crippen LogP contribution in [-0.2, 0) is 0 Å². The van der Waals surface area contributed by atoms with Crippen LogP contribution >= 0.6 is 11.3 Å². The number of aromatic nitrogens is 4. The normalized spacial score (nSPS) is 19.6. The van der Waals surface area contributed by atoms with Crippen molar-refractivity contribution in [2.45, 2.75) is 38.6 Å². The van der Waals surface area contributed by atoms with Crippen LogP contribution in [0.5, 0.6) is 0 Å². The van der Waals surface area contributed by atoms with E-state index >= 15 is 0 Å². The third kappa shape index (κ3) is 3.47. The van der Waals surface area contributed by atoms with Gasteiger partial charge in [0.2, 0.25) is 0 Å². The molecule has 2 atom stereocenters. The monoisotopic (exact) mass is 395 g/mol. The topological polar surface area (TPSA) is 81.0 Å². The molecule has 144 valence electrons. The predicted octanol–water partition coefficient (Wildman–Crippen LogP) is 3.33. The Morgan fingerprint density at radius 1 is 1.14 bits per heavy atom. The summed E-state index contributed by atoms with van der Waals surface area (Å²) in [6.07, 6.45) is 6.86.